The fourth-order valence-corrected chi connectivity index (χ4v) is 4.04. The summed E-state index contributed by atoms with van der Waals surface area (Å²) >= 11 is 0. The number of para-hydroxylation sites is 3. The summed E-state index contributed by atoms with van der Waals surface area (Å²) in [4.78, 5) is 17.6. The Labute approximate surface area is 197 Å². The number of nitrogens with zero attached hydrogens (tertiary/aromatic N) is 2. The van der Waals surface area contributed by atoms with E-state index >= 15 is 0 Å². The molecule has 0 aliphatic carbocycles. The number of amides is 1. The lowest BCUT2D eigenvalue weighted by molar-refractivity contribution is -0.116. The summed E-state index contributed by atoms with van der Waals surface area (Å²) in [5.74, 6) is 1.34. The number of imidazole rings is 1. The van der Waals surface area contributed by atoms with Gasteiger partial charge in [0.05, 0.1) is 30.1 Å². The maximum absolute atomic E-state index is 12.9. The molecule has 0 atom stereocenters. The predicted octanol–water partition coefficient (Wildman–Crippen LogP) is 3.63. The van der Waals surface area contributed by atoms with Crippen LogP contribution in [0.1, 0.15) is 5.82 Å². The summed E-state index contributed by atoms with van der Waals surface area (Å²) in [6.07, 6.45) is 1.04. The van der Waals surface area contributed by atoms with Gasteiger partial charge in [-0.15, -0.1) is 0 Å². The van der Waals surface area contributed by atoms with Crippen LogP contribution in [-0.4, -0.2) is 37.2 Å². The SMILES string of the molecule is COc1ccc(NC(=O)Cn2c(COc3ccccc3)nc3ccccc32)cc1NS(C)(=O)=O. The first-order valence-electron chi connectivity index (χ1n) is 10.4. The molecule has 4 rings (SSSR count). The molecule has 10 heteroatoms. The largest absolute Gasteiger partial charge is 0.495 e. The molecule has 0 bridgehead atoms. The van der Waals surface area contributed by atoms with Crippen LogP contribution in [-0.2, 0) is 28.0 Å². The highest BCUT2D eigenvalue weighted by atomic mass is 32.2. The van der Waals surface area contributed by atoms with E-state index < -0.39 is 10.0 Å². The molecule has 0 radical (unpaired) electrons. The number of carbonyl (C=O) groups is 1. The van der Waals surface area contributed by atoms with Crippen molar-refractivity contribution >= 4 is 38.3 Å². The zero-order valence-corrected chi connectivity index (χ0v) is 19.5. The molecule has 1 heterocycles. The summed E-state index contributed by atoms with van der Waals surface area (Å²) in [5.41, 5.74) is 2.21. The van der Waals surface area contributed by atoms with Crippen LogP contribution in [0.4, 0.5) is 11.4 Å². The van der Waals surface area contributed by atoms with Gasteiger partial charge in [0.2, 0.25) is 15.9 Å². The number of fused-ring (bicyclic) bond motifs is 1. The lowest BCUT2D eigenvalue weighted by Gasteiger charge is -2.14. The molecule has 2 N–H and O–H groups in total. The first-order valence-corrected chi connectivity index (χ1v) is 12.3. The van der Waals surface area contributed by atoms with Crippen LogP contribution in [0.25, 0.3) is 11.0 Å². The normalized spacial score (nSPS) is 11.2. The Bertz CT molecular complexity index is 1420. The van der Waals surface area contributed by atoms with Gasteiger partial charge in [-0.25, -0.2) is 13.4 Å². The van der Waals surface area contributed by atoms with Crippen molar-refractivity contribution in [1.82, 2.24) is 9.55 Å². The van der Waals surface area contributed by atoms with Gasteiger partial charge in [-0.3, -0.25) is 9.52 Å². The fraction of sp³-hybridized carbons (Fsp3) is 0.167. The van der Waals surface area contributed by atoms with Crippen molar-refractivity contribution in [2.24, 2.45) is 0 Å². The number of nitrogens with one attached hydrogen (secondary N) is 2. The third-order valence-corrected chi connectivity index (χ3v) is 5.52. The van der Waals surface area contributed by atoms with Crippen LogP contribution in [0, 0.1) is 0 Å². The van der Waals surface area contributed by atoms with E-state index in [0.29, 0.717) is 23.0 Å². The van der Waals surface area contributed by atoms with Gasteiger partial charge in [0.1, 0.15) is 30.5 Å². The van der Waals surface area contributed by atoms with E-state index in [-0.39, 0.29) is 24.7 Å². The van der Waals surface area contributed by atoms with Gasteiger partial charge in [-0.1, -0.05) is 30.3 Å². The molecule has 0 aliphatic heterocycles. The van der Waals surface area contributed by atoms with Crippen molar-refractivity contribution in [2.45, 2.75) is 13.2 Å². The molecule has 34 heavy (non-hydrogen) atoms. The summed E-state index contributed by atoms with van der Waals surface area (Å²) < 4.78 is 38.6. The molecular weight excluding hydrogens is 456 g/mol. The van der Waals surface area contributed by atoms with E-state index in [4.69, 9.17) is 9.47 Å². The number of benzene rings is 3. The number of hydrogen-bond acceptors (Lipinski definition) is 6. The molecule has 0 saturated carbocycles. The fourth-order valence-electron chi connectivity index (χ4n) is 3.49. The number of methoxy groups -OCH3 is 1. The van der Waals surface area contributed by atoms with Crippen LogP contribution in [0.3, 0.4) is 0 Å². The third kappa shape index (κ3) is 5.65. The van der Waals surface area contributed by atoms with Crippen LogP contribution < -0.4 is 19.5 Å². The van der Waals surface area contributed by atoms with E-state index in [0.717, 1.165) is 17.3 Å². The average molecular weight is 481 g/mol. The third-order valence-electron chi connectivity index (χ3n) is 4.93. The summed E-state index contributed by atoms with van der Waals surface area (Å²) in [7, 11) is -2.09. The maximum atomic E-state index is 12.9. The Hall–Kier alpha value is -4.05. The van der Waals surface area contributed by atoms with Crippen LogP contribution in [0.5, 0.6) is 11.5 Å². The Morgan fingerprint density at radius 2 is 1.76 bits per heavy atom. The lowest BCUT2D eigenvalue weighted by atomic mass is 10.2. The highest BCUT2D eigenvalue weighted by Crippen LogP contribution is 2.28. The quantitative estimate of drug-likeness (QED) is 0.378. The molecule has 1 amide bonds. The molecular formula is C24H24N4O5S. The highest BCUT2D eigenvalue weighted by molar-refractivity contribution is 7.92. The molecule has 3 aromatic carbocycles. The Balaban J connectivity index is 1.55. The maximum Gasteiger partial charge on any atom is 0.244 e. The van der Waals surface area contributed by atoms with Crippen molar-refractivity contribution in [3.05, 3.63) is 78.6 Å². The molecule has 0 spiro atoms. The highest BCUT2D eigenvalue weighted by Gasteiger charge is 2.16. The number of aromatic nitrogens is 2. The van der Waals surface area contributed by atoms with Gasteiger partial charge in [-0.05, 0) is 42.5 Å². The summed E-state index contributed by atoms with van der Waals surface area (Å²) in [6, 6.07) is 21.6. The molecule has 0 unspecified atom stereocenters. The van der Waals surface area contributed by atoms with E-state index in [2.05, 4.69) is 15.0 Å². The van der Waals surface area contributed by atoms with E-state index in [9.17, 15) is 13.2 Å². The number of carbonyl (C=O) groups excluding carboxylic acids is 1. The van der Waals surface area contributed by atoms with Gasteiger partial charge in [0, 0.05) is 5.69 Å². The zero-order chi connectivity index (χ0) is 24.1. The minimum atomic E-state index is -3.52. The van der Waals surface area contributed by atoms with Crippen molar-refractivity contribution in [2.75, 3.05) is 23.4 Å². The first kappa shape index (κ1) is 23.1. The number of sulfonamides is 1. The monoisotopic (exact) mass is 480 g/mol. The van der Waals surface area contributed by atoms with Crippen LogP contribution in [0.15, 0.2) is 72.8 Å². The molecule has 9 nitrogen and oxygen atoms in total. The standard InChI is InChI=1S/C24H24N4O5S/c1-32-22-13-12-17(14-20(22)27-34(2,30)31)25-24(29)15-28-21-11-7-6-10-19(21)26-23(28)16-33-18-8-4-3-5-9-18/h3-14,27H,15-16H2,1-2H3,(H,25,29). The molecule has 0 aliphatic rings. The molecule has 4 aromatic rings. The van der Waals surface area contributed by atoms with E-state index in [1.807, 2.05) is 54.6 Å². The number of rotatable bonds is 9. The van der Waals surface area contributed by atoms with E-state index in [1.165, 1.54) is 13.2 Å². The zero-order valence-electron chi connectivity index (χ0n) is 18.7. The summed E-state index contributed by atoms with van der Waals surface area (Å²) in [5, 5.41) is 2.80. The Morgan fingerprint density at radius 3 is 2.50 bits per heavy atom. The smallest absolute Gasteiger partial charge is 0.244 e. The van der Waals surface area contributed by atoms with Gasteiger partial charge in [-0.2, -0.15) is 0 Å². The van der Waals surface area contributed by atoms with Gasteiger partial charge in [0.25, 0.3) is 0 Å². The second kappa shape index (κ2) is 9.84. The number of hydrogen-bond donors (Lipinski definition) is 2. The number of ether oxygens (including phenoxy) is 2. The van der Waals surface area contributed by atoms with E-state index in [1.54, 1.807) is 16.7 Å². The predicted molar refractivity (Wildman–Crippen MR) is 131 cm³/mol. The van der Waals surface area contributed by atoms with Gasteiger partial charge >= 0.3 is 0 Å². The molecule has 176 valence electrons. The lowest BCUT2D eigenvalue weighted by Crippen LogP contribution is -2.21. The van der Waals surface area contributed by atoms with Crippen molar-refractivity contribution in [3.8, 4) is 11.5 Å². The second-order valence-electron chi connectivity index (χ2n) is 7.54. The molecule has 1 aromatic heterocycles. The Morgan fingerprint density at radius 1 is 1.03 bits per heavy atom. The summed E-state index contributed by atoms with van der Waals surface area (Å²) in [6.45, 7) is 0.186. The molecule has 0 saturated heterocycles. The van der Waals surface area contributed by atoms with Crippen molar-refractivity contribution in [1.29, 1.82) is 0 Å². The van der Waals surface area contributed by atoms with Crippen molar-refractivity contribution in [3.63, 3.8) is 0 Å². The van der Waals surface area contributed by atoms with Crippen molar-refractivity contribution < 1.29 is 22.7 Å². The molecule has 0 fully saturated rings. The first-order chi connectivity index (χ1) is 16.3. The Kier molecular flexibility index (Phi) is 6.69. The minimum Gasteiger partial charge on any atom is -0.495 e. The van der Waals surface area contributed by atoms with Crippen LogP contribution in [0.2, 0.25) is 0 Å². The second-order valence-corrected chi connectivity index (χ2v) is 9.29. The minimum absolute atomic E-state index is 0.00510. The van der Waals surface area contributed by atoms with Crippen LogP contribution >= 0.6 is 0 Å². The topological polar surface area (TPSA) is 112 Å². The number of anilines is 2. The van der Waals surface area contributed by atoms with Gasteiger partial charge < -0.3 is 19.4 Å². The van der Waals surface area contributed by atoms with Gasteiger partial charge in [0.15, 0.2) is 0 Å². The average Bonchev–Trinajstić information content (AvgIpc) is 3.15.